The van der Waals surface area contributed by atoms with Gasteiger partial charge in [-0.15, -0.1) is 0 Å². The average Bonchev–Trinajstić information content (AvgIpc) is 2.92. The molecule has 1 heterocycles. The Bertz CT molecular complexity index is 1020. The van der Waals surface area contributed by atoms with Gasteiger partial charge in [-0.3, -0.25) is 0 Å². The van der Waals surface area contributed by atoms with Gasteiger partial charge in [-0.05, 0) is 43.6 Å². The van der Waals surface area contributed by atoms with Crippen molar-refractivity contribution in [1.82, 2.24) is 9.88 Å². The maximum absolute atomic E-state index is 11.6. The number of fused-ring (bicyclic) bond motifs is 1. The number of hydrogen-bond acceptors (Lipinski definition) is 3. The lowest BCUT2D eigenvalue weighted by atomic mass is 9.99. The summed E-state index contributed by atoms with van der Waals surface area (Å²) in [6, 6.07) is 18.1. The van der Waals surface area contributed by atoms with Crippen LogP contribution in [-0.4, -0.2) is 34.6 Å². The molecule has 3 rings (SSSR count). The van der Waals surface area contributed by atoms with Gasteiger partial charge in [0.2, 0.25) is 0 Å². The van der Waals surface area contributed by atoms with Gasteiger partial charge in [-0.1, -0.05) is 132 Å². The molecule has 0 saturated carbocycles. The van der Waals surface area contributed by atoms with Crippen LogP contribution in [0.25, 0.3) is 22.2 Å². The van der Waals surface area contributed by atoms with E-state index in [1.54, 1.807) is 0 Å². The third kappa shape index (κ3) is 9.71. The van der Waals surface area contributed by atoms with E-state index in [-0.39, 0.29) is 0 Å². The SMILES string of the molecule is CCCCCCCCN(CCCCCCCC)CC(O)c1cc(-c2ccccc2)nc2c(Cl)cccc12. The number of halogens is 1. The first-order valence-electron chi connectivity index (χ1n) is 14.7. The largest absolute Gasteiger partial charge is 0.387 e. The van der Waals surface area contributed by atoms with Gasteiger partial charge in [0.15, 0.2) is 0 Å². The summed E-state index contributed by atoms with van der Waals surface area (Å²) >= 11 is 6.59. The zero-order valence-electron chi connectivity index (χ0n) is 23.1. The van der Waals surface area contributed by atoms with Crippen LogP contribution < -0.4 is 0 Å². The topological polar surface area (TPSA) is 36.4 Å². The molecule has 4 heteroatoms. The molecular formula is C33H47ClN2O. The third-order valence-electron chi connectivity index (χ3n) is 7.34. The van der Waals surface area contributed by atoms with Gasteiger partial charge in [-0.2, -0.15) is 0 Å². The molecular weight excluding hydrogens is 476 g/mol. The predicted octanol–water partition coefficient (Wildman–Crippen LogP) is 9.61. The molecule has 2 aromatic carbocycles. The first-order valence-corrected chi connectivity index (χ1v) is 15.1. The van der Waals surface area contributed by atoms with Crippen LogP contribution in [0.4, 0.5) is 0 Å². The number of unbranched alkanes of at least 4 members (excludes halogenated alkanes) is 10. The van der Waals surface area contributed by atoms with Crippen molar-refractivity contribution in [3.05, 3.63) is 65.2 Å². The maximum Gasteiger partial charge on any atom is 0.0924 e. The highest BCUT2D eigenvalue weighted by molar-refractivity contribution is 6.35. The molecule has 0 radical (unpaired) electrons. The summed E-state index contributed by atoms with van der Waals surface area (Å²) in [5.41, 5.74) is 3.57. The van der Waals surface area contributed by atoms with E-state index in [1.165, 1.54) is 77.0 Å². The molecule has 0 amide bonds. The number of hydrogen-bond donors (Lipinski definition) is 1. The molecule has 1 N–H and O–H groups in total. The van der Waals surface area contributed by atoms with Crippen LogP contribution in [0, 0.1) is 0 Å². The average molecular weight is 523 g/mol. The fraction of sp³-hybridized carbons (Fsp3) is 0.545. The zero-order chi connectivity index (χ0) is 26.3. The van der Waals surface area contributed by atoms with Crippen molar-refractivity contribution in [3.8, 4) is 11.3 Å². The minimum Gasteiger partial charge on any atom is -0.387 e. The van der Waals surface area contributed by atoms with Crippen LogP contribution in [0.2, 0.25) is 5.02 Å². The fourth-order valence-corrected chi connectivity index (χ4v) is 5.36. The van der Waals surface area contributed by atoms with E-state index in [9.17, 15) is 5.11 Å². The number of benzene rings is 2. The first-order chi connectivity index (χ1) is 18.1. The Balaban J connectivity index is 1.75. The third-order valence-corrected chi connectivity index (χ3v) is 7.64. The van der Waals surface area contributed by atoms with Gasteiger partial charge in [-0.25, -0.2) is 4.98 Å². The molecule has 202 valence electrons. The Hall–Kier alpha value is -1.94. The van der Waals surface area contributed by atoms with Crippen LogP contribution in [0.15, 0.2) is 54.6 Å². The second-order valence-corrected chi connectivity index (χ2v) is 10.9. The standard InChI is InChI=1S/C33H47ClN2O/c1-3-5-7-9-11-16-23-36(24-17-12-10-8-6-4-2)26-32(37)29-25-31(27-19-14-13-15-20-27)35-33-28(29)21-18-22-30(33)34/h13-15,18-22,25,32,37H,3-12,16-17,23-24,26H2,1-2H3. The number of aromatic nitrogens is 1. The van der Waals surface area contributed by atoms with Gasteiger partial charge in [0.25, 0.3) is 0 Å². The van der Waals surface area contributed by atoms with Crippen molar-refractivity contribution in [1.29, 1.82) is 0 Å². The zero-order valence-corrected chi connectivity index (χ0v) is 23.9. The number of aliphatic hydroxyl groups excluding tert-OH is 1. The summed E-state index contributed by atoms with van der Waals surface area (Å²) < 4.78 is 0. The quantitative estimate of drug-likeness (QED) is 0.169. The van der Waals surface area contributed by atoms with Gasteiger partial charge >= 0.3 is 0 Å². The number of rotatable bonds is 18. The molecule has 0 bridgehead atoms. The minimum atomic E-state index is -0.591. The second-order valence-electron chi connectivity index (χ2n) is 10.5. The van der Waals surface area contributed by atoms with E-state index in [0.29, 0.717) is 11.6 Å². The van der Waals surface area contributed by atoms with Crippen LogP contribution in [0.1, 0.15) is 103 Å². The Morgan fingerprint density at radius 2 is 1.35 bits per heavy atom. The normalized spacial score (nSPS) is 12.5. The number of nitrogens with zero attached hydrogens (tertiary/aromatic N) is 2. The van der Waals surface area contributed by atoms with E-state index >= 15 is 0 Å². The van der Waals surface area contributed by atoms with Gasteiger partial charge in [0.05, 0.1) is 22.3 Å². The van der Waals surface area contributed by atoms with E-state index in [1.807, 2.05) is 36.4 Å². The summed E-state index contributed by atoms with van der Waals surface area (Å²) in [7, 11) is 0. The Morgan fingerprint density at radius 1 is 0.757 bits per heavy atom. The lowest BCUT2D eigenvalue weighted by molar-refractivity contribution is 0.111. The van der Waals surface area contributed by atoms with E-state index in [4.69, 9.17) is 16.6 Å². The molecule has 0 fully saturated rings. The molecule has 1 aromatic heterocycles. The molecule has 0 aliphatic heterocycles. The van der Waals surface area contributed by atoms with Crippen molar-refractivity contribution in [2.75, 3.05) is 19.6 Å². The minimum absolute atomic E-state index is 0.591. The predicted molar refractivity (Wildman–Crippen MR) is 160 cm³/mol. The Kier molecular flexibility index (Phi) is 13.5. The van der Waals surface area contributed by atoms with Crippen LogP contribution in [-0.2, 0) is 0 Å². The molecule has 3 nitrogen and oxygen atoms in total. The maximum atomic E-state index is 11.6. The summed E-state index contributed by atoms with van der Waals surface area (Å²) in [6.07, 6.45) is 14.9. The lowest BCUT2D eigenvalue weighted by Crippen LogP contribution is -2.31. The summed E-state index contributed by atoms with van der Waals surface area (Å²) in [4.78, 5) is 7.37. The molecule has 37 heavy (non-hydrogen) atoms. The number of aliphatic hydroxyl groups is 1. The van der Waals surface area contributed by atoms with Crippen LogP contribution >= 0.6 is 11.6 Å². The van der Waals surface area contributed by atoms with E-state index < -0.39 is 6.10 Å². The van der Waals surface area contributed by atoms with E-state index in [0.717, 1.165) is 40.8 Å². The molecule has 0 spiro atoms. The number of pyridine rings is 1. The molecule has 1 unspecified atom stereocenters. The lowest BCUT2D eigenvalue weighted by Gasteiger charge is -2.26. The van der Waals surface area contributed by atoms with Crippen molar-refractivity contribution >= 4 is 22.5 Å². The van der Waals surface area contributed by atoms with Gasteiger partial charge < -0.3 is 10.0 Å². The number of para-hydroxylation sites is 1. The summed E-state index contributed by atoms with van der Waals surface area (Å²) in [5.74, 6) is 0. The molecule has 1 atom stereocenters. The fourth-order valence-electron chi connectivity index (χ4n) is 5.14. The molecule has 0 saturated heterocycles. The van der Waals surface area contributed by atoms with Crippen molar-refractivity contribution in [2.45, 2.75) is 97.0 Å². The van der Waals surface area contributed by atoms with Gasteiger partial charge in [0.1, 0.15) is 0 Å². The van der Waals surface area contributed by atoms with Gasteiger partial charge in [0, 0.05) is 17.5 Å². The second kappa shape index (κ2) is 16.8. The smallest absolute Gasteiger partial charge is 0.0924 e. The van der Waals surface area contributed by atoms with Crippen molar-refractivity contribution < 1.29 is 5.11 Å². The molecule has 0 aliphatic carbocycles. The highest BCUT2D eigenvalue weighted by Crippen LogP contribution is 2.32. The monoisotopic (exact) mass is 522 g/mol. The van der Waals surface area contributed by atoms with Crippen molar-refractivity contribution in [3.63, 3.8) is 0 Å². The first kappa shape index (κ1) is 29.6. The molecule has 3 aromatic rings. The Morgan fingerprint density at radius 3 is 1.97 bits per heavy atom. The van der Waals surface area contributed by atoms with Crippen molar-refractivity contribution in [2.24, 2.45) is 0 Å². The highest BCUT2D eigenvalue weighted by Gasteiger charge is 2.19. The van der Waals surface area contributed by atoms with E-state index in [2.05, 4.69) is 36.9 Å². The van der Waals surface area contributed by atoms with Crippen LogP contribution in [0.3, 0.4) is 0 Å². The summed E-state index contributed by atoms with van der Waals surface area (Å²) in [6.45, 7) is 7.27. The molecule has 0 aliphatic rings. The Labute approximate surface area is 230 Å². The summed E-state index contributed by atoms with van der Waals surface area (Å²) in [5, 5.41) is 13.2. The van der Waals surface area contributed by atoms with Crippen LogP contribution in [0.5, 0.6) is 0 Å². The highest BCUT2D eigenvalue weighted by atomic mass is 35.5.